The molecule has 0 bridgehead atoms. The van der Waals surface area contributed by atoms with E-state index in [2.05, 4.69) is 10.3 Å². The third-order valence-electron chi connectivity index (χ3n) is 1.53. The lowest BCUT2D eigenvalue weighted by Gasteiger charge is -1.98. The first-order chi connectivity index (χ1) is 5.92. The molecule has 0 atom stereocenters. The molecule has 1 aromatic heterocycles. The zero-order valence-electron chi connectivity index (χ0n) is 6.64. The molecule has 0 aliphatic carbocycles. The Labute approximate surface area is 69.7 Å². The summed E-state index contributed by atoms with van der Waals surface area (Å²) >= 11 is 0. The van der Waals surface area contributed by atoms with Crippen LogP contribution in [-0.2, 0) is 0 Å². The molecule has 2 rings (SSSR count). The molecule has 0 aliphatic rings. The predicted octanol–water partition coefficient (Wildman–Crippen LogP) is 1.04. The van der Waals surface area contributed by atoms with E-state index in [-0.39, 0.29) is 0 Å². The van der Waals surface area contributed by atoms with Crippen LogP contribution in [0.15, 0.2) is 24.3 Å². The highest BCUT2D eigenvalue weighted by molar-refractivity contribution is 5.73. The van der Waals surface area contributed by atoms with E-state index in [1.807, 2.05) is 24.3 Å². The van der Waals surface area contributed by atoms with Crippen LogP contribution in [0.25, 0.3) is 11.0 Å². The van der Waals surface area contributed by atoms with Crippen LogP contribution in [-0.4, -0.2) is 15.2 Å². The number of benzene rings is 1. The van der Waals surface area contributed by atoms with Crippen molar-refractivity contribution in [2.45, 2.75) is 6.92 Å². The highest BCUT2D eigenvalue weighted by Gasteiger charge is 2.01. The lowest BCUT2D eigenvalue weighted by Crippen LogP contribution is -2.08. The SMILES string of the molecule is C[CH]On1nnc2ccccc21. The van der Waals surface area contributed by atoms with Gasteiger partial charge in [-0.2, -0.15) is 0 Å². The van der Waals surface area contributed by atoms with Gasteiger partial charge in [0.1, 0.15) is 11.0 Å². The van der Waals surface area contributed by atoms with Crippen LogP contribution in [0.1, 0.15) is 6.92 Å². The summed E-state index contributed by atoms with van der Waals surface area (Å²) in [5.41, 5.74) is 1.70. The molecule has 0 unspecified atom stereocenters. The van der Waals surface area contributed by atoms with Gasteiger partial charge >= 0.3 is 0 Å². The van der Waals surface area contributed by atoms with Gasteiger partial charge in [0, 0.05) is 0 Å². The zero-order chi connectivity index (χ0) is 8.39. The van der Waals surface area contributed by atoms with E-state index in [0.29, 0.717) is 0 Å². The smallest absolute Gasteiger partial charge is 0.163 e. The van der Waals surface area contributed by atoms with Gasteiger partial charge in [0.05, 0.1) is 0 Å². The Hall–Kier alpha value is -1.58. The Balaban J connectivity index is 2.55. The van der Waals surface area contributed by atoms with Crippen molar-refractivity contribution in [3.05, 3.63) is 30.9 Å². The van der Waals surface area contributed by atoms with Gasteiger partial charge in [0.25, 0.3) is 0 Å². The van der Waals surface area contributed by atoms with Crippen LogP contribution in [0.4, 0.5) is 0 Å². The van der Waals surface area contributed by atoms with Crippen LogP contribution in [0, 0.1) is 6.61 Å². The molecule has 0 fully saturated rings. The Morgan fingerprint density at radius 3 is 3.08 bits per heavy atom. The summed E-state index contributed by atoms with van der Waals surface area (Å²) < 4.78 is 0. The van der Waals surface area contributed by atoms with Crippen LogP contribution >= 0.6 is 0 Å². The molecule has 1 aromatic carbocycles. The number of rotatable bonds is 2. The minimum absolute atomic E-state index is 0.833. The molecular formula is C8H8N3O. The van der Waals surface area contributed by atoms with Gasteiger partial charge in [-0.3, -0.25) is 0 Å². The fraction of sp³-hybridized carbons (Fsp3) is 0.125. The Morgan fingerprint density at radius 2 is 2.25 bits per heavy atom. The van der Waals surface area contributed by atoms with E-state index >= 15 is 0 Å². The van der Waals surface area contributed by atoms with Crippen molar-refractivity contribution in [1.82, 2.24) is 15.2 Å². The molecule has 0 saturated carbocycles. The van der Waals surface area contributed by atoms with Gasteiger partial charge < -0.3 is 4.84 Å². The van der Waals surface area contributed by atoms with E-state index in [0.717, 1.165) is 11.0 Å². The molecule has 0 spiro atoms. The average Bonchev–Trinajstić information content (AvgIpc) is 2.50. The molecule has 0 amide bonds. The maximum Gasteiger partial charge on any atom is 0.163 e. The second-order valence-electron chi connectivity index (χ2n) is 2.29. The van der Waals surface area contributed by atoms with Crippen molar-refractivity contribution in [2.75, 3.05) is 0 Å². The summed E-state index contributed by atoms with van der Waals surface area (Å²) in [6.45, 7) is 3.34. The van der Waals surface area contributed by atoms with Crippen molar-refractivity contribution < 1.29 is 4.84 Å². The molecule has 12 heavy (non-hydrogen) atoms. The molecule has 0 saturated heterocycles. The minimum atomic E-state index is 0.833. The van der Waals surface area contributed by atoms with Gasteiger partial charge in [0.2, 0.25) is 0 Å². The van der Waals surface area contributed by atoms with Crippen LogP contribution in [0.3, 0.4) is 0 Å². The standard InChI is InChI=1S/C8H8N3O/c1-2-12-11-8-6-4-3-5-7(8)9-10-11/h2-6H,1H3. The predicted molar refractivity (Wildman–Crippen MR) is 44.1 cm³/mol. The third kappa shape index (κ3) is 1.01. The van der Waals surface area contributed by atoms with Crippen molar-refractivity contribution in [1.29, 1.82) is 0 Å². The van der Waals surface area contributed by atoms with E-state index in [1.54, 1.807) is 13.5 Å². The highest BCUT2D eigenvalue weighted by Crippen LogP contribution is 2.07. The third-order valence-corrected chi connectivity index (χ3v) is 1.53. The quantitative estimate of drug-likeness (QED) is 0.662. The highest BCUT2D eigenvalue weighted by atomic mass is 16.7. The van der Waals surface area contributed by atoms with Crippen LogP contribution in [0.2, 0.25) is 0 Å². The molecule has 2 aromatic rings. The molecule has 1 heterocycles. The molecule has 61 valence electrons. The van der Waals surface area contributed by atoms with Gasteiger partial charge in [-0.25, -0.2) is 0 Å². The summed E-state index contributed by atoms with van der Waals surface area (Å²) in [7, 11) is 0. The van der Waals surface area contributed by atoms with Crippen molar-refractivity contribution in [3.63, 3.8) is 0 Å². The van der Waals surface area contributed by atoms with Crippen molar-refractivity contribution >= 4 is 11.0 Å². The first kappa shape index (κ1) is 7.09. The second kappa shape index (κ2) is 2.81. The second-order valence-corrected chi connectivity index (χ2v) is 2.29. The number of aromatic nitrogens is 3. The molecule has 0 N–H and O–H groups in total. The van der Waals surface area contributed by atoms with E-state index < -0.39 is 0 Å². The monoisotopic (exact) mass is 162 g/mol. The molecule has 0 aliphatic heterocycles. The summed E-state index contributed by atoms with van der Waals surface area (Å²) in [4.78, 5) is 6.46. The number of para-hydroxylation sites is 1. The fourth-order valence-corrected chi connectivity index (χ4v) is 1.03. The number of nitrogens with zero attached hydrogens (tertiary/aromatic N) is 3. The Kier molecular flexibility index (Phi) is 1.66. The van der Waals surface area contributed by atoms with Gasteiger partial charge in [-0.05, 0) is 24.3 Å². The number of fused-ring (bicyclic) bond motifs is 1. The minimum Gasteiger partial charge on any atom is -0.388 e. The number of hydrogen-bond donors (Lipinski definition) is 0. The van der Waals surface area contributed by atoms with Crippen molar-refractivity contribution in [3.8, 4) is 0 Å². The topological polar surface area (TPSA) is 39.9 Å². The Morgan fingerprint density at radius 1 is 1.42 bits per heavy atom. The normalized spacial score (nSPS) is 10.4. The molecule has 4 heteroatoms. The summed E-state index contributed by atoms with van der Waals surface area (Å²) in [5, 5.41) is 7.70. The fourth-order valence-electron chi connectivity index (χ4n) is 1.03. The van der Waals surface area contributed by atoms with Gasteiger partial charge in [-0.15, -0.1) is 5.10 Å². The number of hydrogen-bond acceptors (Lipinski definition) is 3. The van der Waals surface area contributed by atoms with E-state index in [1.165, 1.54) is 4.85 Å². The maximum absolute atomic E-state index is 5.08. The first-order valence-electron chi connectivity index (χ1n) is 3.67. The average molecular weight is 162 g/mol. The van der Waals surface area contributed by atoms with Crippen LogP contribution in [0.5, 0.6) is 0 Å². The van der Waals surface area contributed by atoms with Crippen molar-refractivity contribution in [2.24, 2.45) is 0 Å². The van der Waals surface area contributed by atoms with E-state index in [9.17, 15) is 0 Å². The van der Waals surface area contributed by atoms with Crippen LogP contribution < -0.4 is 4.84 Å². The summed E-state index contributed by atoms with van der Waals surface area (Å²) in [6, 6.07) is 7.62. The lowest BCUT2D eigenvalue weighted by atomic mass is 10.3. The van der Waals surface area contributed by atoms with Gasteiger partial charge in [0.15, 0.2) is 6.61 Å². The molecule has 4 nitrogen and oxygen atoms in total. The molecular weight excluding hydrogens is 154 g/mol. The lowest BCUT2D eigenvalue weighted by molar-refractivity contribution is 0.145. The summed E-state index contributed by atoms with van der Waals surface area (Å²) in [5.74, 6) is 0. The summed E-state index contributed by atoms with van der Waals surface area (Å²) in [6.07, 6.45) is 0. The first-order valence-corrected chi connectivity index (χ1v) is 3.67. The Bertz CT molecular complexity index is 382. The van der Waals surface area contributed by atoms with E-state index in [4.69, 9.17) is 4.84 Å². The van der Waals surface area contributed by atoms with Gasteiger partial charge in [-0.1, -0.05) is 17.0 Å². The maximum atomic E-state index is 5.08. The zero-order valence-corrected chi connectivity index (χ0v) is 6.64. The molecule has 1 radical (unpaired) electrons. The largest absolute Gasteiger partial charge is 0.388 e.